The molecule has 0 heterocycles. The van der Waals surface area contributed by atoms with Gasteiger partial charge in [-0.2, -0.15) is 0 Å². The van der Waals surface area contributed by atoms with Crippen LogP contribution in [0.1, 0.15) is 0 Å². The summed E-state index contributed by atoms with van der Waals surface area (Å²) in [7, 11) is 0. The molecule has 0 atom stereocenters. The van der Waals surface area contributed by atoms with E-state index < -0.39 is 9.85 Å². The zero-order chi connectivity index (χ0) is 29.7. The standard InChI is InChI=1S/2C13H8Cl3NO2S.H2O/c2*1-20-12-4-7(2-3-11(12)17(18)19)13-9(15)5-8(14)6-10(13)16;/h2*2-6H,1H3;1H2. The van der Waals surface area contributed by atoms with Gasteiger partial charge in [-0.05, 0) is 72.2 Å². The van der Waals surface area contributed by atoms with E-state index in [2.05, 4.69) is 0 Å². The van der Waals surface area contributed by atoms with Gasteiger partial charge in [0.05, 0.1) is 39.7 Å². The maximum Gasteiger partial charge on any atom is 0.282 e. The minimum atomic E-state index is -0.416. The van der Waals surface area contributed by atoms with Crippen molar-refractivity contribution in [2.45, 2.75) is 9.79 Å². The summed E-state index contributed by atoms with van der Waals surface area (Å²) in [6.45, 7) is 0. The van der Waals surface area contributed by atoms with Crippen LogP contribution in [0.25, 0.3) is 22.3 Å². The summed E-state index contributed by atoms with van der Waals surface area (Å²) in [6.07, 6.45) is 3.55. The summed E-state index contributed by atoms with van der Waals surface area (Å²) >= 11 is 39.0. The van der Waals surface area contributed by atoms with E-state index >= 15 is 0 Å². The van der Waals surface area contributed by atoms with E-state index in [0.717, 1.165) is 0 Å². The van der Waals surface area contributed by atoms with E-state index in [-0.39, 0.29) is 16.9 Å². The Kier molecular flexibility index (Phi) is 13.4. The van der Waals surface area contributed by atoms with Crippen LogP contribution >= 0.6 is 93.1 Å². The number of nitrogens with zero attached hydrogens (tertiary/aromatic N) is 2. The van der Waals surface area contributed by atoms with Gasteiger partial charge >= 0.3 is 0 Å². The molecule has 7 nitrogen and oxygen atoms in total. The lowest BCUT2D eigenvalue weighted by Crippen LogP contribution is -1.91. The molecule has 0 aliphatic rings. The van der Waals surface area contributed by atoms with Gasteiger partial charge in [0.2, 0.25) is 0 Å². The van der Waals surface area contributed by atoms with Crippen molar-refractivity contribution in [3.8, 4) is 22.3 Å². The van der Waals surface area contributed by atoms with Crippen molar-refractivity contribution in [3.05, 3.63) is 111 Å². The Morgan fingerprint density at radius 3 is 1.10 bits per heavy atom. The Hall–Kier alpha value is -1.92. The van der Waals surface area contributed by atoms with Crippen LogP contribution in [0, 0.1) is 20.2 Å². The molecule has 0 amide bonds. The van der Waals surface area contributed by atoms with Crippen LogP contribution in [-0.4, -0.2) is 27.8 Å². The molecule has 0 bridgehead atoms. The maximum atomic E-state index is 10.9. The van der Waals surface area contributed by atoms with Crippen LogP contribution in [0.3, 0.4) is 0 Å². The Morgan fingerprint density at radius 1 is 0.561 bits per heavy atom. The minimum absolute atomic E-state index is 0. The molecular weight excluding hydrogens is 697 g/mol. The lowest BCUT2D eigenvalue weighted by Gasteiger charge is -2.09. The molecule has 0 saturated heterocycles. The van der Waals surface area contributed by atoms with Crippen molar-refractivity contribution in [2.75, 3.05) is 12.5 Å². The smallest absolute Gasteiger partial charge is 0.282 e. The molecule has 0 fully saturated rings. The van der Waals surface area contributed by atoms with Gasteiger partial charge in [-0.3, -0.25) is 20.2 Å². The van der Waals surface area contributed by atoms with Crippen molar-refractivity contribution in [2.24, 2.45) is 0 Å². The van der Waals surface area contributed by atoms with Crippen LogP contribution in [0.15, 0.2) is 70.5 Å². The molecule has 4 aromatic rings. The zero-order valence-electron chi connectivity index (χ0n) is 20.9. The minimum Gasteiger partial charge on any atom is -0.412 e. The van der Waals surface area contributed by atoms with Gasteiger partial charge in [0, 0.05) is 33.3 Å². The third-order valence-electron chi connectivity index (χ3n) is 5.34. The van der Waals surface area contributed by atoms with Crippen molar-refractivity contribution < 1.29 is 15.3 Å². The first kappa shape index (κ1) is 35.3. The molecule has 0 aliphatic heterocycles. The van der Waals surface area contributed by atoms with Gasteiger partial charge < -0.3 is 5.48 Å². The first-order chi connectivity index (χ1) is 18.9. The first-order valence-corrected chi connectivity index (χ1v) is 15.5. The fraction of sp³-hybridized carbons (Fsp3) is 0.0769. The molecular formula is C26H18Cl6N2O5S2. The van der Waals surface area contributed by atoms with E-state index in [1.54, 1.807) is 61.0 Å². The predicted molar refractivity (Wildman–Crippen MR) is 174 cm³/mol. The number of hydrogen-bond acceptors (Lipinski definition) is 6. The average Bonchev–Trinajstić information content (AvgIpc) is 2.87. The summed E-state index contributed by atoms with van der Waals surface area (Å²) in [5.74, 6) is 0. The van der Waals surface area contributed by atoms with Gasteiger partial charge in [0.1, 0.15) is 0 Å². The fourth-order valence-electron chi connectivity index (χ4n) is 3.60. The largest absolute Gasteiger partial charge is 0.412 e. The highest BCUT2D eigenvalue weighted by atomic mass is 35.5. The van der Waals surface area contributed by atoms with Gasteiger partial charge in [0.25, 0.3) is 11.4 Å². The lowest BCUT2D eigenvalue weighted by atomic mass is 10.1. The van der Waals surface area contributed by atoms with Crippen LogP contribution in [0.5, 0.6) is 0 Å². The molecule has 15 heteroatoms. The number of halogens is 6. The van der Waals surface area contributed by atoms with Crippen LogP contribution < -0.4 is 0 Å². The van der Waals surface area contributed by atoms with E-state index in [0.29, 0.717) is 62.2 Å². The van der Waals surface area contributed by atoms with Crippen molar-refractivity contribution >= 4 is 105 Å². The number of hydrogen-bond donors (Lipinski definition) is 0. The topological polar surface area (TPSA) is 118 Å². The quantitative estimate of drug-likeness (QED) is 0.111. The molecule has 41 heavy (non-hydrogen) atoms. The second-order valence-corrected chi connectivity index (χ2v) is 12.0. The molecule has 0 aliphatic carbocycles. The summed E-state index contributed by atoms with van der Waals surface area (Å²) in [5, 5.41) is 24.4. The van der Waals surface area contributed by atoms with Crippen molar-refractivity contribution in [1.29, 1.82) is 0 Å². The van der Waals surface area contributed by atoms with Crippen molar-refractivity contribution in [1.82, 2.24) is 0 Å². The normalized spacial score (nSPS) is 10.3. The summed E-state index contributed by atoms with van der Waals surface area (Å²) in [5.41, 5.74) is 2.77. The molecule has 0 saturated carbocycles. The highest BCUT2D eigenvalue weighted by molar-refractivity contribution is 7.99. The van der Waals surface area contributed by atoms with E-state index in [1.165, 1.54) is 35.7 Å². The SMILES string of the molecule is CSc1cc(-c2c(Cl)cc(Cl)cc2Cl)ccc1[N+](=O)[O-].CSc1cc(-c2c(Cl)cc(Cl)cc2Cl)ccc1[N+](=O)[O-].O. The molecule has 0 unspecified atom stereocenters. The molecule has 0 radical (unpaired) electrons. The molecule has 4 aromatic carbocycles. The molecule has 216 valence electrons. The van der Waals surface area contributed by atoms with E-state index in [4.69, 9.17) is 69.6 Å². The molecule has 0 spiro atoms. The van der Waals surface area contributed by atoms with Gasteiger partial charge in [-0.25, -0.2) is 0 Å². The lowest BCUT2D eigenvalue weighted by molar-refractivity contribution is -0.387. The van der Waals surface area contributed by atoms with Crippen LogP contribution in [-0.2, 0) is 0 Å². The van der Waals surface area contributed by atoms with Gasteiger partial charge in [-0.1, -0.05) is 69.6 Å². The number of thioether (sulfide) groups is 2. The second kappa shape index (κ2) is 15.5. The molecule has 4 rings (SSSR count). The third kappa shape index (κ3) is 8.56. The predicted octanol–water partition coefficient (Wildman–Crippen LogP) is 11.1. The van der Waals surface area contributed by atoms with E-state index in [9.17, 15) is 20.2 Å². The van der Waals surface area contributed by atoms with Gasteiger partial charge in [-0.15, -0.1) is 23.5 Å². The molecule has 2 N–H and O–H groups in total. The highest BCUT2D eigenvalue weighted by Crippen LogP contribution is 2.41. The Labute approximate surface area is 273 Å². The fourth-order valence-corrected chi connectivity index (χ4v) is 6.87. The summed E-state index contributed by atoms with van der Waals surface area (Å²) in [4.78, 5) is 22.1. The number of nitro groups is 2. The Morgan fingerprint density at radius 2 is 0.854 bits per heavy atom. The highest BCUT2D eigenvalue weighted by Gasteiger charge is 2.18. The number of rotatable bonds is 6. The third-order valence-corrected chi connectivity index (χ3v) is 8.51. The van der Waals surface area contributed by atoms with Gasteiger partial charge in [0.15, 0.2) is 0 Å². The van der Waals surface area contributed by atoms with Crippen LogP contribution in [0.4, 0.5) is 11.4 Å². The second-order valence-electron chi connectivity index (χ2n) is 7.78. The number of nitro benzene ring substituents is 2. The zero-order valence-corrected chi connectivity index (χ0v) is 27.1. The average molecular weight is 715 g/mol. The van der Waals surface area contributed by atoms with E-state index in [1.807, 2.05) is 0 Å². The Balaban J connectivity index is 0.000000280. The molecule has 0 aromatic heterocycles. The number of benzene rings is 4. The summed E-state index contributed by atoms with van der Waals surface area (Å²) in [6, 6.07) is 15.9. The summed E-state index contributed by atoms with van der Waals surface area (Å²) < 4.78 is 0. The monoisotopic (exact) mass is 712 g/mol. The van der Waals surface area contributed by atoms with Crippen LogP contribution in [0.2, 0.25) is 30.1 Å². The Bertz CT molecular complexity index is 1460. The first-order valence-electron chi connectivity index (χ1n) is 10.8. The maximum absolute atomic E-state index is 10.9. The van der Waals surface area contributed by atoms with Crippen molar-refractivity contribution in [3.63, 3.8) is 0 Å².